The molecule has 1 aliphatic carbocycles. The van der Waals surface area contributed by atoms with Gasteiger partial charge in [0.15, 0.2) is 5.16 Å². The van der Waals surface area contributed by atoms with Crippen LogP contribution in [-0.2, 0) is 11.0 Å². The van der Waals surface area contributed by atoms with Gasteiger partial charge in [-0.3, -0.25) is 4.79 Å². The standard InChI is InChI=1S/C19H20F3N7OS/c1-11(2)17-26-27-18(29(17)13-4-5-13)31-8-16(30)25-14-7-12(19(20,21)22)3-6-15(14)28-10-23-9-24-28/h3,6-7,9-11,13H,4-5,8H2,1-2H3,(H,25,30). The summed E-state index contributed by atoms with van der Waals surface area (Å²) >= 11 is 1.21. The van der Waals surface area contributed by atoms with Crippen LogP contribution in [0.3, 0.4) is 0 Å². The number of thioether (sulfide) groups is 1. The van der Waals surface area contributed by atoms with Gasteiger partial charge in [-0.05, 0) is 31.0 Å². The number of halogens is 3. The van der Waals surface area contributed by atoms with Gasteiger partial charge in [-0.15, -0.1) is 10.2 Å². The third-order valence-electron chi connectivity index (χ3n) is 4.72. The molecule has 164 valence electrons. The molecule has 0 bridgehead atoms. The lowest BCUT2D eigenvalue weighted by molar-refractivity contribution is -0.137. The Balaban J connectivity index is 1.52. The predicted molar refractivity (Wildman–Crippen MR) is 108 cm³/mol. The van der Waals surface area contributed by atoms with Crippen molar-refractivity contribution >= 4 is 23.4 Å². The Kier molecular flexibility index (Phi) is 5.73. The van der Waals surface area contributed by atoms with Crippen molar-refractivity contribution in [1.29, 1.82) is 0 Å². The van der Waals surface area contributed by atoms with Gasteiger partial charge in [-0.25, -0.2) is 9.67 Å². The smallest absolute Gasteiger partial charge is 0.323 e. The van der Waals surface area contributed by atoms with E-state index in [9.17, 15) is 18.0 Å². The molecule has 0 saturated heterocycles. The van der Waals surface area contributed by atoms with Crippen LogP contribution in [0.25, 0.3) is 5.69 Å². The van der Waals surface area contributed by atoms with Crippen molar-refractivity contribution in [2.45, 2.75) is 50.0 Å². The van der Waals surface area contributed by atoms with Crippen LogP contribution < -0.4 is 5.32 Å². The number of hydrogen-bond donors (Lipinski definition) is 1. The molecular weight excluding hydrogens is 431 g/mol. The molecule has 4 rings (SSSR count). The SMILES string of the molecule is CC(C)c1nnc(SCC(=O)Nc2cc(C(F)(F)F)ccc2-n2cncn2)n1C1CC1. The van der Waals surface area contributed by atoms with Crippen molar-refractivity contribution in [3.8, 4) is 5.69 Å². The number of carbonyl (C=O) groups is 1. The average Bonchev–Trinajstić information content (AvgIpc) is 3.23. The molecule has 12 heteroatoms. The number of alkyl halides is 3. The molecule has 31 heavy (non-hydrogen) atoms. The summed E-state index contributed by atoms with van der Waals surface area (Å²) in [6.07, 6.45) is 0.157. The van der Waals surface area contributed by atoms with Crippen LogP contribution in [0.5, 0.6) is 0 Å². The summed E-state index contributed by atoms with van der Waals surface area (Å²) in [4.78, 5) is 16.4. The van der Waals surface area contributed by atoms with E-state index in [1.54, 1.807) is 0 Å². The Bertz CT molecular complexity index is 1070. The molecule has 8 nitrogen and oxygen atoms in total. The van der Waals surface area contributed by atoms with E-state index in [1.807, 2.05) is 13.8 Å². The Labute approximate surface area is 180 Å². The average molecular weight is 451 g/mol. The summed E-state index contributed by atoms with van der Waals surface area (Å²) < 4.78 is 42.9. The van der Waals surface area contributed by atoms with Gasteiger partial charge in [0.2, 0.25) is 5.91 Å². The van der Waals surface area contributed by atoms with Crippen molar-refractivity contribution < 1.29 is 18.0 Å². The minimum Gasteiger partial charge on any atom is -0.323 e. The Morgan fingerprint density at radius 2 is 2.06 bits per heavy atom. The van der Waals surface area contributed by atoms with Crippen LogP contribution in [0.1, 0.15) is 50.0 Å². The lowest BCUT2D eigenvalue weighted by atomic mass is 10.1. The number of amides is 1. The van der Waals surface area contributed by atoms with E-state index in [4.69, 9.17) is 0 Å². The van der Waals surface area contributed by atoms with E-state index in [2.05, 4.69) is 30.2 Å². The number of nitrogens with zero attached hydrogens (tertiary/aromatic N) is 6. The first-order valence-corrected chi connectivity index (χ1v) is 10.7. The van der Waals surface area contributed by atoms with E-state index in [1.165, 1.54) is 35.2 Å². The lowest BCUT2D eigenvalue weighted by Crippen LogP contribution is -2.17. The maximum atomic E-state index is 13.2. The molecule has 1 saturated carbocycles. The summed E-state index contributed by atoms with van der Waals surface area (Å²) in [5.74, 6) is 0.598. The molecule has 1 N–H and O–H groups in total. The van der Waals surface area contributed by atoms with E-state index in [0.29, 0.717) is 11.2 Å². The highest BCUT2D eigenvalue weighted by atomic mass is 32.2. The second-order valence-corrected chi connectivity index (χ2v) is 8.45. The third kappa shape index (κ3) is 4.73. The molecule has 2 aromatic heterocycles. The number of hydrogen-bond acceptors (Lipinski definition) is 6. The van der Waals surface area contributed by atoms with Gasteiger partial charge in [-0.1, -0.05) is 25.6 Å². The number of nitrogens with one attached hydrogen (secondary N) is 1. The van der Waals surface area contributed by atoms with Gasteiger partial charge in [0.25, 0.3) is 0 Å². The molecule has 1 aromatic carbocycles. The van der Waals surface area contributed by atoms with Crippen molar-refractivity contribution in [1.82, 2.24) is 29.5 Å². The lowest BCUT2D eigenvalue weighted by Gasteiger charge is -2.14. The normalized spacial score (nSPS) is 14.3. The number of anilines is 1. The zero-order chi connectivity index (χ0) is 22.2. The fraction of sp³-hybridized carbons (Fsp3) is 0.421. The Morgan fingerprint density at radius 1 is 1.29 bits per heavy atom. The number of aromatic nitrogens is 6. The molecule has 0 aliphatic heterocycles. The molecule has 1 fully saturated rings. The molecule has 2 heterocycles. The van der Waals surface area contributed by atoms with Gasteiger partial charge < -0.3 is 9.88 Å². The van der Waals surface area contributed by atoms with Gasteiger partial charge in [0, 0.05) is 12.0 Å². The Hall–Kier alpha value is -2.89. The van der Waals surface area contributed by atoms with E-state index in [0.717, 1.165) is 30.8 Å². The number of rotatable bonds is 7. The molecular formula is C19H20F3N7OS. The maximum Gasteiger partial charge on any atom is 0.416 e. The van der Waals surface area contributed by atoms with Gasteiger partial charge in [0.05, 0.1) is 22.7 Å². The van der Waals surface area contributed by atoms with E-state index >= 15 is 0 Å². The molecule has 3 aromatic rings. The summed E-state index contributed by atoms with van der Waals surface area (Å²) in [6, 6.07) is 3.43. The number of carbonyl (C=O) groups excluding carboxylic acids is 1. The fourth-order valence-corrected chi connectivity index (χ4v) is 3.93. The molecule has 0 unspecified atom stereocenters. The molecule has 1 amide bonds. The summed E-state index contributed by atoms with van der Waals surface area (Å²) in [5, 5.41) is 15.6. The van der Waals surface area contributed by atoms with Gasteiger partial charge in [0.1, 0.15) is 18.5 Å². The zero-order valence-electron chi connectivity index (χ0n) is 16.8. The summed E-state index contributed by atoms with van der Waals surface area (Å²) in [6.45, 7) is 4.06. The van der Waals surface area contributed by atoms with Crippen molar-refractivity contribution in [3.05, 3.63) is 42.2 Å². The second kappa shape index (κ2) is 8.33. The highest BCUT2D eigenvalue weighted by Crippen LogP contribution is 2.40. The Morgan fingerprint density at radius 3 is 2.68 bits per heavy atom. The highest BCUT2D eigenvalue weighted by Gasteiger charge is 2.32. The van der Waals surface area contributed by atoms with Crippen LogP contribution in [0.2, 0.25) is 0 Å². The molecule has 0 radical (unpaired) electrons. The van der Waals surface area contributed by atoms with Gasteiger partial charge >= 0.3 is 6.18 Å². The van der Waals surface area contributed by atoms with Crippen molar-refractivity contribution in [2.75, 3.05) is 11.1 Å². The van der Waals surface area contributed by atoms with E-state index < -0.39 is 17.6 Å². The van der Waals surface area contributed by atoms with Crippen LogP contribution in [-0.4, -0.2) is 41.2 Å². The fourth-order valence-electron chi connectivity index (χ4n) is 3.12. The van der Waals surface area contributed by atoms with Crippen molar-refractivity contribution in [2.24, 2.45) is 0 Å². The minimum atomic E-state index is -4.54. The molecule has 0 spiro atoms. The number of benzene rings is 1. The quantitative estimate of drug-likeness (QED) is 0.545. The zero-order valence-corrected chi connectivity index (χ0v) is 17.6. The summed E-state index contributed by atoms with van der Waals surface area (Å²) in [7, 11) is 0. The largest absolute Gasteiger partial charge is 0.416 e. The van der Waals surface area contributed by atoms with Gasteiger partial charge in [-0.2, -0.15) is 18.3 Å². The molecule has 0 atom stereocenters. The maximum absolute atomic E-state index is 13.2. The predicted octanol–water partition coefficient (Wildman–Crippen LogP) is 4.07. The molecule has 1 aliphatic rings. The minimum absolute atomic E-state index is 0.00236. The van der Waals surface area contributed by atoms with Crippen LogP contribution >= 0.6 is 11.8 Å². The van der Waals surface area contributed by atoms with Crippen LogP contribution in [0.4, 0.5) is 18.9 Å². The van der Waals surface area contributed by atoms with Crippen LogP contribution in [0.15, 0.2) is 36.0 Å². The second-order valence-electron chi connectivity index (χ2n) is 7.50. The first-order valence-electron chi connectivity index (χ1n) is 9.67. The highest BCUT2D eigenvalue weighted by molar-refractivity contribution is 7.99. The first-order chi connectivity index (χ1) is 14.7. The first kappa shape index (κ1) is 21.3. The van der Waals surface area contributed by atoms with E-state index in [-0.39, 0.29) is 23.0 Å². The topological polar surface area (TPSA) is 90.5 Å². The third-order valence-corrected chi connectivity index (χ3v) is 5.66. The monoisotopic (exact) mass is 451 g/mol. The van der Waals surface area contributed by atoms with Crippen LogP contribution in [0, 0.1) is 0 Å². The van der Waals surface area contributed by atoms with Crippen molar-refractivity contribution in [3.63, 3.8) is 0 Å². The summed E-state index contributed by atoms with van der Waals surface area (Å²) in [5.41, 5.74) is -0.584.